The van der Waals surface area contributed by atoms with Gasteiger partial charge in [0.1, 0.15) is 24.4 Å². The van der Waals surface area contributed by atoms with E-state index in [2.05, 4.69) is 18.2 Å². The Balaban J connectivity index is 1.24. The molecule has 6 aromatic carbocycles. The van der Waals surface area contributed by atoms with Gasteiger partial charge in [0.2, 0.25) is 5.79 Å². The van der Waals surface area contributed by atoms with Crippen LogP contribution >= 0.6 is 0 Å². The van der Waals surface area contributed by atoms with Crippen LogP contribution in [0.15, 0.2) is 152 Å². The van der Waals surface area contributed by atoms with Gasteiger partial charge in [-0.15, -0.1) is 0 Å². The molecule has 53 heavy (non-hydrogen) atoms. The number of benzene rings is 6. The first-order chi connectivity index (χ1) is 26.2. The van der Waals surface area contributed by atoms with Gasteiger partial charge in [-0.25, -0.2) is 0 Å². The van der Waals surface area contributed by atoms with Crippen molar-refractivity contribution in [1.29, 1.82) is 0 Å². The van der Waals surface area contributed by atoms with E-state index in [0.717, 1.165) is 49.7 Å². The highest BCUT2D eigenvalue weighted by Crippen LogP contribution is 2.51. The van der Waals surface area contributed by atoms with Crippen molar-refractivity contribution in [3.05, 3.63) is 191 Å². The van der Waals surface area contributed by atoms with E-state index in [1.165, 1.54) is 0 Å². The molecule has 1 N–H and O–H groups in total. The number of rotatable bonds is 14. The Bertz CT molecular complexity index is 2060. The molecule has 270 valence electrons. The molecule has 0 aliphatic carbocycles. The van der Waals surface area contributed by atoms with E-state index in [-0.39, 0.29) is 13.2 Å². The normalized spacial score (nSPS) is 22.3. The second-order valence-corrected chi connectivity index (χ2v) is 13.6. The lowest BCUT2D eigenvalue weighted by Gasteiger charge is -2.51. The molecule has 8 rings (SSSR count). The van der Waals surface area contributed by atoms with E-state index in [4.69, 9.17) is 28.4 Å². The molecule has 0 radical (unpaired) electrons. The molecule has 2 aliphatic heterocycles. The first kappa shape index (κ1) is 35.3. The van der Waals surface area contributed by atoms with E-state index in [1.807, 2.05) is 133 Å². The van der Waals surface area contributed by atoms with Gasteiger partial charge in [-0.1, -0.05) is 146 Å². The summed E-state index contributed by atoms with van der Waals surface area (Å²) in [5, 5.41) is 12.6. The van der Waals surface area contributed by atoms with E-state index in [9.17, 15) is 5.11 Å². The largest absolute Gasteiger partial charge is 0.392 e. The molecule has 0 amide bonds. The Morgan fingerprint density at radius 3 is 1.62 bits per heavy atom. The first-order valence-corrected chi connectivity index (χ1v) is 18.3. The number of hydrogen-bond acceptors (Lipinski definition) is 7. The molecule has 2 aliphatic rings. The summed E-state index contributed by atoms with van der Waals surface area (Å²) in [5.41, 5.74) is 6.73. The van der Waals surface area contributed by atoms with E-state index in [1.54, 1.807) is 0 Å². The molecular formula is C46H44O7. The van der Waals surface area contributed by atoms with Gasteiger partial charge in [0.05, 0.1) is 46.2 Å². The van der Waals surface area contributed by atoms with Crippen LogP contribution in [0, 0.1) is 0 Å². The van der Waals surface area contributed by atoms with Crippen LogP contribution in [0.25, 0.3) is 10.8 Å². The van der Waals surface area contributed by atoms with E-state index < -0.39 is 30.2 Å². The lowest BCUT2D eigenvalue weighted by atomic mass is 9.84. The van der Waals surface area contributed by atoms with Gasteiger partial charge in [-0.2, -0.15) is 0 Å². The topological polar surface area (TPSA) is 75.6 Å². The zero-order valence-electron chi connectivity index (χ0n) is 29.6. The molecular weight excluding hydrogens is 664 g/mol. The zero-order chi connectivity index (χ0) is 35.9. The van der Waals surface area contributed by atoms with Crippen molar-refractivity contribution >= 4 is 10.8 Å². The number of fused-ring (bicyclic) bond motifs is 4. The van der Waals surface area contributed by atoms with Crippen LogP contribution in [0.5, 0.6) is 0 Å². The quantitative estimate of drug-likeness (QED) is 0.122. The third-order valence-corrected chi connectivity index (χ3v) is 10.1. The molecule has 7 nitrogen and oxygen atoms in total. The molecule has 1 saturated heterocycles. The van der Waals surface area contributed by atoms with Gasteiger partial charge < -0.3 is 33.5 Å². The average molecular weight is 709 g/mol. The Morgan fingerprint density at radius 1 is 0.566 bits per heavy atom. The smallest absolute Gasteiger partial charge is 0.226 e. The average Bonchev–Trinajstić information content (AvgIpc) is 3.58. The summed E-state index contributed by atoms with van der Waals surface area (Å²) < 4.78 is 41.5. The van der Waals surface area contributed by atoms with Crippen molar-refractivity contribution in [3.63, 3.8) is 0 Å². The molecule has 1 fully saturated rings. The molecule has 5 atom stereocenters. The van der Waals surface area contributed by atoms with Crippen LogP contribution < -0.4 is 0 Å². The maximum atomic E-state index is 10.7. The lowest BCUT2D eigenvalue weighted by Crippen LogP contribution is -2.65. The summed E-state index contributed by atoms with van der Waals surface area (Å²) in [7, 11) is 0. The number of aliphatic hydroxyl groups is 1. The third kappa shape index (κ3) is 7.70. The summed E-state index contributed by atoms with van der Waals surface area (Å²) in [5.74, 6) is -1.40. The fourth-order valence-electron chi connectivity index (χ4n) is 7.54. The summed E-state index contributed by atoms with van der Waals surface area (Å²) in [6.07, 6.45) is -2.65. The predicted molar refractivity (Wildman–Crippen MR) is 202 cm³/mol. The summed E-state index contributed by atoms with van der Waals surface area (Å²) >= 11 is 0. The van der Waals surface area contributed by atoms with Crippen molar-refractivity contribution < 1.29 is 33.5 Å². The Kier molecular flexibility index (Phi) is 11.0. The zero-order valence-corrected chi connectivity index (χ0v) is 29.6. The van der Waals surface area contributed by atoms with Crippen LogP contribution in [0.3, 0.4) is 0 Å². The lowest BCUT2D eigenvalue weighted by molar-refractivity contribution is -0.387. The standard InChI is InChI=1S/C46H44O7/c47-26-37-25-41-40(39-24-14-13-23-38(37)39)31-52-46(41)45(51-30-36-21-11-4-12-22-36)44(50-29-35-19-9-3-10-20-35)43(49-28-34-17-7-2-8-18-34)42(53-46)32-48-27-33-15-5-1-6-16-33/h1-25,42-45,47H,26-32H2/t42-,43-,44+,45-,46+/m1/s1. The van der Waals surface area contributed by atoms with Crippen LogP contribution in [0.2, 0.25) is 0 Å². The maximum absolute atomic E-state index is 10.7. The minimum absolute atomic E-state index is 0.139. The SMILES string of the molecule is OCc1cc2c(c3ccccc13)CO[C@]21O[C@H](COCc2ccccc2)[C@@H](OCc2ccccc2)[C@H](OCc2ccccc2)[C@H]1OCc1ccccc1. The van der Waals surface area contributed by atoms with Gasteiger partial charge in [0.25, 0.3) is 0 Å². The van der Waals surface area contributed by atoms with Gasteiger partial charge in [-0.05, 0) is 50.2 Å². The summed E-state index contributed by atoms with van der Waals surface area (Å²) in [4.78, 5) is 0. The molecule has 6 aromatic rings. The monoisotopic (exact) mass is 708 g/mol. The number of aliphatic hydroxyl groups excluding tert-OH is 1. The van der Waals surface area contributed by atoms with Crippen LogP contribution in [0.4, 0.5) is 0 Å². The van der Waals surface area contributed by atoms with Crippen molar-refractivity contribution in [2.75, 3.05) is 6.61 Å². The highest BCUT2D eigenvalue weighted by atomic mass is 16.7. The van der Waals surface area contributed by atoms with Gasteiger partial charge in [0, 0.05) is 5.56 Å². The minimum atomic E-state index is -1.40. The molecule has 7 heteroatoms. The number of ether oxygens (including phenoxy) is 6. The molecule has 0 bridgehead atoms. The van der Waals surface area contributed by atoms with Crippen molar-refractivity contribution in [1.82, 2.24) is 0 Å². The van der Waals surface area contributed by atoms with Gasteiger partial charge in [-0.3, -0.25) is 0 Å². The van der Waals surface area contributed by atoms with Gasteiger partial charge >= 0.3 is 0 Å². The van der Waals surface area contributed by atoms with Crippen LogP contribution in [-0.2, 0) is 73.8 Å². The van der Waals surface area contributed by atoms with E-state index in [0.29, 0.717) is 33.0 Å². The van der Waals surface area contributed by atoms with Crippen molar-refractivity contribution in [2.24, 2.45) is 0 Å². The first-order valence-electron chi connectivity index (χ1n) is 18.3. The molecule has 0 unspecified atom stereocenters. The fraction of sp³-hybridized carbons (Fsp3) is 0.261. The highest BCUT2D eigenvalue weighted by molar-refractivity contribution is 5.90. The van der Waals surface area contributed by atoms with Gasteiger partial charge in [0.15, 0.2) is 0 Å². The third-order valence-electron chi connectivity index (χ3n) is 10.1. The van der Waals surface area contributed by atoms with Crippen LogP contribution in [0.1, 0.15) is 38.9 Å². The van der Waals surface area contributed by atoms with Crippen LogP contribution in [-0.4, -0.2) is 36.1 Å². The van der Waals surface area contributed by atoms with Crippen molar-refractivity contribution in [3.8, 4) is 0 Å². The summed E-state index contributed by atoms with van der Waals surface area (Å²) in [6.45, 7) is 1.73. The molecule has 0 saturated carbocycles. The minimum Gasteiger partial charge on any atom is -0.392 e. The molecule has 0 aromatic heterocycles. The fourth-order valence-corrected chi connectivity index (χ4v) is 7.54. The second kappa shape index (κ2) is 16.5. The predicted octanol–water partition coefficient (Wildman–Crippen LogP) is 8.39. The molecule has 2 heterocycles. The Morgan fingerprint density at radius 2 is 1.06 bits per heavy atom. The summed E-state index contributed by atoms with van der Waals surface area (Å²) in [6, 6.07) is 50.5. The van der Waals surface area contributed by atoms with Crippen molar-refractivity contribution in [2.45, 2.75) is 69.8 Å². The second-order valence-electron chi connectivity index (χ2n) is 13.6. The Hall–Kier alpha value is -4.70. The maximum Gasteiger partial charge on any atom is 0.226 e. The highest BCUT2D eigenvalue weighted by Gasteiger charge is 2.61. The molecule has 1 spiro atoms. The Labute approximate surface area is 310 Å². The number of hydrogen-bond donors (Lipinski definition) is 1. The van der Waals surface area contributed by atoms with E-state index >= 15 is 0 Å².